The number of rotatable bonds is 11. The van der Waals surface area contributed by atoms with Gasteiger partial charge < -0.3 is 10.3 Å². The van der Waals surface area contributed by atoms with Crippen LogP contribution < -0.4 is 5.73 Å². The third kappa shape index (κ3) is 7.36. The second-order valence-electron chi connectivity index (χ2n) is 5.60. The first-order chi connectivity index (χ1) is 9.26. The van der Waals surface area contributed by atoms with Crippen molar-refractivity contribution in [2.45, 2.75) is 84.2 Å². The van der Waals surface area contributed by atoms with Crippen molar-refractivity contribution in [1.29, 1.82) is 0 Å². The highest BCUT2D eigenvalue weighted by Crippen LogP contribution is 2.08. The Morgan fingerprint density at radius 2 is 1.79 bits per heavy atom. The maximum atomic E-state index is 5.94. The number of nitrogens with zero attached hydrogens (tertiary/aromatic N) is 2. The average molecular weight is 265 g/mol. The van der Waals surface area contributed by atoms with Crippen LogP contribution in [0.3, 0.4) is 0 Å². The Labute approximate surface area is 118 Å². The van der Waals surface area contributed by atoms with Crippen LogP contribution in [-0.2, 0) is 13.0 Å². The van der Waals surface area contributed by atoms with Gasteiger partial charge in [-0.25, -0.2) is 4.98 Å². The molecule has 1 rings (SSSR count). The Morgan fingerprint density at radius 3 is 2.47 bits per heavy atom. The van der Waals surface area contributed by atoms with Crippen LogP contribution in [-0.4, -0.2) is 15.6 Å². The predicted octanol–water partition coefficient (Wildman–Crippen LogP) is 3.91. The van der Waals surface area contributed by atoms with Gasteiger partial charge in [0.2, 0.25) is 0 Å². The average Bonchev–Trinajstić information content (AvgIpc) is 2.85. The third-order valence-corrected chi connectivity index (χ3v) is 3.70. The molecule has 1 atom stereocenters. The molecule has 0 fully saturated rings. The van der Waals surface area contributed by atoms with Gasteiger partial charge in [0, 0.05) is 25.2 Å². The van der Waals surface area contributed by atoms with Gasteiger partial charge in [0.05, 0.1) is 12.0 Å². The Hall–Kier alpha value is -0.830. The number of imidazole rings is 1. The van der Waals surface area contributed by atoms with E-state index in [0.717, 1.165) is 25.1 Å². The van der Waals surface area contributed by atoms with E-state index in [1.165, 1.54) is 44.9 Å². The van der Waals surface area contributed by atoms with Gasteiger partial charge in [-0.2, -0.15) is 0 Å². The summed E-state index contributed by atoms with van der Waals surface area (Å²) in [4.78, 5) is 4.43. The summed E-state index contributed by atoms with van der Waals surface area (Å²) in [7, 11) is 0. The lowest BCUT2D eigenvalue weighted by molar-refractivity contribution is 0.549. The quantitative estimate of drug-likeness (QED) is 0.616. The number of aryl methyl sites for hydroxylation is 1. The molecule has 3 heteroatoms. The van der Waals surface area contributed by atoms with Crippen LogP contribution in [0.15, 0.2) is 12.5 Å². The normalized spacial score (nSPS) is 12.8. The topological polar surface area (TPSA) is 43.8 Å². The molecule has 0 aliphatic heterocycles. The minimum Gasteiger partial charge on any atom is -0.337 e. The van der Waals surface area contributed by atoms with Gasteiger partial charge in [0.15, 0.2) is 0 Å². The number of aromatic nitrogens is 2. The van der Waals surface area contributed by atoms with Crippen LogP contribution in [0.1, 0.15) is 70.9 Å². The van der Waals surface area contributed by atoms with Crippen molar-refractivity contribution >= 4 is 0 Å². The van der Waals surface area contributed by atoms with E-state index < -0.39 is 0 Å². The van der Waals surface area contributed by atoms with Crippen LogP contribution in [0.2, 0.25) is 0 Å². The van der Waals surface area contributed by atoms with Gasteiger partial charge in [-0.05, 0) is 12.8 Å². The zero-order valence-corrected chi connectivity index (χ0v) is 12.8. The fourth-order valence-corrected chi connectivity index (χ4v) is 2.30. The summed E-state index contributed by atoms with van der Waals surface area (Å²) in [6, 6.07) is 0.252. The summed E-state index contributed by atoms with van der Waals surface area (Å²) >= 11 is 0. The van der Waals surface area contributed by atoms with Gasteiger partial charge in [0.1, 0.15) is 0 Å². The molecular formula is C16H31N3. The third-order valence-electron chi connectivity index (χ3n) is 3.70. The molecule has 0 saturated carbocycles. The molecule has 19 heavy (non-hydrogen) atoms. The molecule has 2 N–H and O–H groups in total. The molecule has 1 unspecified atom stereocenters. The van der Waals surface area contributed by atoms with E-state index in [2.05, 4.69) is 29.6 Å². The van der Waals surface area contributed by atoms with E-state index in [1.807, 2.05) is 6.33 Å². The number of hydrogen-bond donors (Lipinski definition) is 1. The van der Waals surface area contributed by atoms with Crippen LogP contribution in [0, 0.1) is 0 Å². The summed E-state index contributed by atoms with van der Waals surface area (Å²) < 4.78 is 2.21. The number of unbranched alkanes of at least 4 members (excludes halogenated alkanes) is 6. The lowest BCUT2D eigenvalue weighted by atomic mass is 10.1. The number of nitrogens with two attached hydrogens (primary N) is 1. The smallest absolute Gasteiger partial charge is 0.0949 e. The van der Waals surface area contributed by atoms with E-state index in [0.29, 0.717) is 0 Å². The Bertz CT molecular complexity index is 320. The molecular weight excluding hydrogens is 234 g/mol. The lowest BCUT2D eigenvalue weighted by Crippen LogP contribution is -2.21. The largest absolute Gasteiger partial charge is 0.337 e. The highest BCUT2D eigenvalue weighted by Gasteiger charge is 2.04. The molecule has 3 nitrogen and oxygen atoms in total. The van der Waals surface area contributed by atoms with E-state index in [4.69, 9.17) is 5.73 Å². The SMILES string of the molecule is CCCCCCCCCn1cnc(CC(N)CC)c1. The number of hydrogen-bond acceptors (Lipinski definition) is 2. The summed E-state index contributed by atoms with van der Waals surface area (Å²) in [5.41, 5.74) is 7.08. The van der Waals surface area contributed by atoms with Crippen molar-refractivity contribution in [2.75, 3.05) is 0 Å². The first-order valence-electron chi connectivity index (χ1n) is 8.02. The first kappa shape index (κ1) is 16.2. The molecule has 0 aromatic carbocycles. The van der Waals surface area contributed by atoms with Crippen LogP contribution >= 0.6 is 0 Å². The summed E-state index contributed by atoms with van der Waals surface area (Å²) in [6.07, 6.45) is 15.5. The van der Waals surface area contributed by atoms with Crippen molar-refractivity contribution in [1.82, 2.24) is 9.55 Å². The molecule has 0 aliphatic carbocycles. The van der Waals surface area contributed by atoms with Gasteiger partial charge in [-0.1, -0.05) is 52.4 Å². The molecule has 1 heterocycles. The molecule has 0 bridgehead atoms. The van der Waals surface area contributed by atoms with E-state index >= 15 is 0 Å². The van der Waals surface area contributed by atoms with Crippen molar-refractivity contribution in [3.8, 4) is 0 Å². The van der Waals surface area contributed by atoms with Gasteiger partial charge in [-0.3, -0.25) is 0 Å². The first-order valence-corrected chi connectivity index (χ1v) is 8.02. The second-order valence-corrected chi connectivity index (χ2v) is 5.60. The van der Waals surface area contributed by atoms with E-state index in [-0.39, 0.29) is 6.04 Å². The molecule has 0 spiro atoms. The molecule has 0 radical (unpaired) electrons. The Balaban J connectivity index is 2.09. The highest BCUT2D eigenvalue weighted by atomic mass is 15.0. The maximum absolute atomic E-state index is 5.94. The zero-order chi connectivity index (χ0) is 13.9. The molecule has 110 valence electrons. The molecule has 1 aromatic heterocycles. The van der Waals surface area contributed by atoms with Crippen molar-refractivity contribution < 1.29 is 0 Å². The minimum atomic E-state index is 0.252. The van der Waals surface area contributed by atoms with Crippen molar-refractivity contribution in [3.63, 3.8) is 0 Å². The van der Waals surface area contributed by atoms with E-state index in [1.54, 1.807) is 0 Å². The molecule has 1 aromatic rings. The fourth-order valence-electron chi connectivity index (χ4n) is 2.30. The summed E-state index contributed by atoms with van der Waals surface area (Å²) in [5, 5.41) is 0. The molecule has 0 amide bonds. The van der Waals surface area contributed by atoms with Gasteiger partial charge >= 0.3 is 0 Å². The minimum absolute atomic E-state index is 0.252. The summed E-state index contributed by atoms with van der Waals surface area (Å²) in [6.45, 7) is 5.49. The van der Waals surface area contributed by atoms with Gasteiger partial charge in [0.25, 0.3) is 0 Å². The molecule has 0 saturated heterocycles. The second kappa shape index (κ2) is 10.0. The monoisotopic (exact) mass is 265 g/mol. The zero-order valence-electron chi connectivity index (χ0n) is 12.8. The summed E-state index contributed by atoms with van der Waals surface area (Å²) in [5.74, 6) is 0. The van der Waals surface area contributed by atoms with Crippen LogP contribution in [0.5, 0.6) is 0 Å². The predicted molar refractivity (Wildman–Crippen MR) is 82.2 cm³/mol. The Kier molecular flexibility index (Phi) is 8.55. The van der Waals surface area contributed by atoms with Crippen molar-refractivity contribution in [3.05, 3.63) is 18.2 Å². The standard InChI is InChI=1S/C16H31N3/c1-3-5-6-7-8-9-10-11-19-13-16(18-14-19)12-15(17)4-2/h13-15H,3-12,17H2,1-2H3. The maximum Gasteiger partial charge on any atom is 0.0949 e. The van der Waals surface area contributed by atoms with Gasteiger partial charge in [-0.15, -0.1) is 0 Å². The molecule has 0 aliphatic rings. The van der Waals surface area contributed by atoms with Crippen LogP contribution in [0.4, 0.5) is 0 Å². The fraction of sp³-hybridized carbons (Fsp3) is 0.812. The van der Waals surface area contributed by atoms with Crippen molar-refractivity contribution in [2.24, 2.45) is 5.73 Å². The van der Waals surface area contributed by atoms with Crippen LogP contribution in [0.25, 0.3) is 0 Å². The highest BCUT2D eigenvalue weighted by molar-refractivity contribution is 4.99. The Morgan fingerprint density at radius 1 is 1.11 bits per heavy atom. The lowest BCUT2D eigenvalue weighted by Gasteiger charge is -2.05. The van der Waals surface area contributed by atoms with E-state index in [9.17, 15) is 0 Å².